The number of carbonyl (C=O) groups is 3. The van der Waals surface area contributed by atoms with Gasteiger partial charge in [-0.1, -0.05) is 0 Å². The monoisotopic (exact) mass is 388 g/mol. The molecule has 1 unspecified atom stereocenters. The minimum absolute atomic E-state index is 0.0209. The van der Waals surface area contributed by atoms with Gasteiger partial charge in [0.25, 0.3) is 0 Å². The molecule has 1 aromatic heterocycles. The van der Waals surface area contributed by atoms with E-state index in [1.807, 2.05) is 12.1 Å². The summed E-state index contributed by atoms with van der Waals surface area (Å²) < 4.78 is 0. The number of carbonyl (C=O) groups excluding carboxylic acids is 2. The van der Waals surface area contributed by atoms with Crippen molar-refractivity contribution in [2.45, 2.75) is 50.6 Å². The van der Waals surface area contributed by atoms with E-state index in [0.717, 1.165) is 31.5 Å². The largest absolute Gasteiger partial charge is 0.480 e. The molecule has 3 heterocycles. The molecule has 3 rings (SSSR count). The third kappa shape index (κ3) is 4.86. The van der Waals surface area contributed by atoms with Gasteiger partial charge in [-0.15, -0.1) is 0 Å². The summed E-state index contributed by atoms with van der Waals surface area (Å²) in [5.41, 5.74) is 7.11. The van der Waals surface area contributed by atoms with Crippen molar-refractivity contribution in [3.8, 4) is 0 Å². The summed E-state index contributed by atoms with van der Waals surface area (Å²) in [6, 6.07) is 2.08. The van der Waals surface area contributed by atoms with Gasteiger partial charge in [-0.3, -0.25) is 14.6 Å². The van der Waals surface area contributed by atoms with Gasteiger partial charge in [-0.25, -0.2) is 4.79 Å². The fraction of sp³-hybridized carbons (Fsp3) is 0.600. The third-order valence-electron chi connectivity index (χ3n) is 5.67. The van der Waals surface area contributed by atoms with Crippen molar-refractivity contribution >= 4 is 17.8 Å². The number of hydrogen-bond donors (Lipinski definition) is 2. The zero-order valence-electron chi connectivity index (χ0n) is 16.0. The van der Waals surface area contributed by atoms with Gasteiger partial charge in [0.1, 0.15) is 6.04 Å². The second-order valence-corrected chi connectivity index (χ2v) is 7.74. The number of nitrogens with two attached hydrogens (primary N) is 1. The number of hydrogen-bond acceptors (Lipinski definition) is 5. The summed E-state index contributed by atoms with van der Waals surface area (Å²) in [7, 11) is 0. The van der Waals surface area contributed by atoms with Crippen LogP contribution < -0.4 is 5.73 Å². The molecule has 0 radical (unpaired) electrons. The van der Waals surface area contributed by atoms with E-state index in [9.17, 15) is 19.5 Å². The van der Waals surface area contributed by atoms with Crippen molar-refractivity contribution < 1.29 is 19.5 Å². The maximum atomic E-state index is 12.8. The second-order valence-electron chi connectivity index (χ2n) is 7.74. The van der Waals surface area contributed by atoms with Crippen molar-refractivity contribution in [2.75, 3.05) is 19.6 Å². The van der Waals surface area contributed by atoms with Crippen molar-refractivity contribution in [3.05, 3.63) is 30.1 Å². The zero-order chi connectivity index (χ0) is 20.1. The Hall–Kier alpha value is -2.48. The SMILES string of the molecule is NC(CCC(=O)N1CCCC1)C(=O)N1C[C@H](Cc2ccncc2)C[C@H]1C(=O)O. The highest BCUT2D eigenvalue weighted by Gasteiger charge is 2.41. The van der Waals surface area contributed by atoms with Gasteiger partial charge in [0.05, 0.1) is 6.04 Å². The molecule has 0 saturated carbocycles. The molecule has 152 valence electrons. The van der Waals surface area contributed by atoms with Crippen LogP contribution in [0.1, 0.15) is 37.7 Å². The predicted molar refractivity (Wildman–Crippen MR) is 102 cm³/mol. The fourth-order valence-electron chi connectivity index (χ4n) is 4.14. The minimum Gasteiger partial charge on any atom is -0.480 e. The summed E-state index contributed by atoms with van der Waals surface area (Å²) in [5.74, 6) is -1.30. The van der Waals surface area contributed by atoms with Gasteiger partial charge < -0.3 is 20.6 Å². The second kappa shape index (κ2) is 9.14. The number of aliphatic carboxylic acids is 1. The highest BCUT2D eigenvalue weighted by atomic mass is 16.4. The van der Waals surface area contributed by atoms with Crippen molar-refractivity contribution in [1.29, 1.82) is 0 Å². The van der Waals surface area contributed by atoms with Gasteiger partial charge >= 0.3 is 5.97 Å². The quantitative estimate of drug-likeness (QED) is 0.709. The minimum atomic E-state index is -1.01. The van der Waals surface area contributed by atoms with E-state index in [4.69, 9.17) is 5.73 Å². The van der Waals surface area contributed by atoms with Crippen LogP contribution in [0, 0.1) is 5.92 Å². The van der Waals surface area contributed by atoms with Gasteiger partial charge in [0.15, 0.2) is 0 Å². The molecule has 0 bridgehead atoms. The van der Waals surface area contributed by atoms with Crippen molar-refractivity contribution in [2.24, 2.45) is 11.7 Å². The van der Waals surface area contributed by atoms with Crippen LogP contribution in [0.25, 0.3) is 0 Å². The van der Waals surface area contributed by atoms with Crippen molar-refractivity contribution in [1.82, 2.24) is 14.8 Å². The molecule has 2 saturated heterocycles. The van der Waals surface area contributed by atoms with Crippen LogP contribution in [-0.2, 0) is 20.8 Å². The molecule has 28 heavy (non-hydrogen) atoms. The van der Waals surface area contributed by atoms with E-state index in [2.05, 4.69) is 4.98 Å². The number of rotatable bonds is 7. The van der Waals surface area contributed by atoms with Gasteiger partial charge in [0.2, 0.25) is 11.8 Å². The molecule has 3 atom stereocenters. The van der Waals surface area contributed by atoms with Gasteiger partial charge in [0, 0.05) is 38.4 Å². The molecule has 3 N–H and O–H groups in total. The zero-order valence-corrected chi connectivity index (χ0v) is 16.0. The van der Waals surface area contributed by atoms with Gasteiger partial charge in [-0.05, 0) is 55.7 Å². The van der Waals surface area contributed by atoms with Crippen LogP contribution in [0.2, 0.25) is 0 Å². The van der Waals surface area contributed by atoms with E-state index < -0.39 is 18.1 Å². The van der Waals surface area contributed by atoms with Crippen LogP contribution in [0.5, 0.6) is 0 Å². The molecule has 8 heteroatoms. The molecular formula is C20H28N4O4. The van der Waals surface area contributed by atoms with E-state index in [-0.39, 0.29) is 30.6 Å². The van der Waals surface area contributed by atoms with E-state index in [1.54, 1.807) is 17.3 Å². The first-order valence-corrected chi connectivity index (χ1v) is 9.91. The average Bonchev–Trinajstić information content (AvgIpc) is 3.36. The Kier molecular flexibility index (Phi) is 6.61. The molecule has 0 aliphatic carbocycles. The van der Waals surface area contributed by atoms with Crippen molar-refractivity contribution in [3.63, 3.8) is 0 Å². The first kappa shape index (κ1) is 20.3. The Bertz CT molecular complexity index is 705. The first-order valence-electron chi connectivity index (χ1n) is 9.91. The third-order valence-corrected chi connectivity index (χ3v) is 5.67. The number of pyridine rings is 1. The number of nitrogens with zero attached hydrogens (tertiary/aromatic N) is 3. The summed E-state index contributed by atoms with van der Waals surface area (Å²) >= 11 is 0. The smallest absolute Gasteiger partial charge is 0.326 e. The molecule has 2 aliphatic heterocycles. The van der Waals surface area contributed by atoms with Crippen LogP contribution in [0.3, 0.4) is 0 Å². The lowest BCUT2D eigenvalue weighted by molar-refractivity contribution is -0.148. The number of amides is 2. The van der Waals surface area contributed by atoms with Gasteiger partial charge in [-0.2, -0.15) is 0 Å². The number of likely N-dealkylation sites (tertiary alicyclic amines) is 2. The Morgan fingerprint density at radius 3 is 2.54 bits per heavy atom. The molecule has 8 nitrogen and oxygen atoms in total. The molecular weight excluding hydrogens is 360 g/mol. The Morgan fingerprint density at radius 2 is 1.89 bits per heavy atom. The molecule has 0 aromatic carbocycles. The van der Waals surface area contributed by atoms with E-state index in [1.165, 1.54) is 4.90 Å². The summed E-state index contributed by atoms with van der Waals surface area (Å²) in [5, 5.41) is 9.55. The average molecular weight is 388 g/mol. The van der Waals surface area contributed by atoms with Crippen LogP contribution in [0.15, 0.2) is 24.5 Å². The number of aromatic nitrogens is 1. The lowest BCUT2D eigenvalue weighted by Crippen LogP contribution is -2.48. The Balaban J connectivity index is 1.56. The summed E-state index contributed by atoms with van der Waals surface area (Å²) in [4.78, 5) is 43.8. The maximum absolute atomic E-state index is 12.8. The topological polar surface area (TPSA) is 117 Å². The standard InChI is InChI=1S/C20H28N4O4/c21-16(3-4-18(25)23-9-1-2-10-23)19(26)24-13-15(12-17(24)20(27)28)11-14-5-7-22-8-6-14/h5-8,15-17H,1-4,9-13,21H2,(H,27,28)/t15-,16?,17+/m1/s1. The number of carboxylic acid groups (broad SMARTS) is 1. The van der Waals surface area contributed by atoms with E-state index in [0.29, 0.717) is 19.4 Å². The normalized spacial score (nSPS) is 23.0. The first-order chi connectivity index (χ1) is 13.5. The van der Waals surface area contributed by atoms with Crippen LogP contribution in [0.4, 0.5) is 0 Å². The molecule has 0 spiro atoms. The molecule has 2 aliphatic rings. The van der Waals surface area contributed by atoms with Crippen LogP contribution >= 0.6 is 0 Å². The maximum Gasteiger partial charge on any atom is 0.326 e. The fourth-order valence-corrected chi connectivity index (χ4v) is 4.14. The summed E-state index contributed by atoms with van der Waals surface area (Å²) in [6.45, 7) is 1.91. The Morgan fingerprint density at radius 1 is 1.21 bits per heavy atom. The van der Waals surface area contributed by atoms with E-state index >= 15 is 0 Å². The highest BCUT2D eigenvalue weighted by Crippen LogP contribution is 2.27. The summed E-state index contributed by atoms with van der Waals surface area (Å²) in [6.07, 6.45) is 7.00. The molecule has 1 aromatic rings. The lowest BCUT2D eigenvalue weighted by atomic mass is 9.97. The van der Waals surface area contributed by atoms with Crippen LogP contribution in [-0.4, -0.2) is 69.4 Å². The number of carboxylic acids is 1. The predicted octanol–water partition coefficient (Wildman–Crippen LogP) is 0.656. The lowest BCUT2D eigenvalue weighted by Gasteiger charge is -2.25. The highest BCUT2D eigenvalue weighted by molar-refractivity contribution is 5.88. The molecule has 2 amide bonds. The molecule has 2 fully saturated rings. The Labute approximate surface area is 164 Å².